The van der Waals surface area contributed by atoms with Crippen LogP contribution in [0.5, 0.6) is 0 Å². The molecule has 0 amide bonds. The smallest absolute Gasteiger partial charge is 0.323 e. The fraction of sp³-hybridized carbons (Fsp3) is 0.632. The van der Waals surface area contributed by atoms with Gasteiger partial charge < -0.3 is 10.5 Å². The van der Waals surface area contributed by atoms with Crippen LogP contribution in [0.2, 0.25) is 0 Å². The van der Waals surface area contributed by atoms with Gasteiger partial charge in [0.2, 0.25) is 0 Å². The largest absolute Gasteiger partial charge is 0.460 e. The molecule has 22 heavy (non-hydrogen) atoms. The lowest BCUT2D eigenvalue weighted by Crippen LogP contribution is -2.57. The number of benzene rings is 1. The van der Waals surface area contributed by atoms with E-state index in [2.05, 4.69) is 0 Å². The molecule has 4 bridgehead atoms. The summed E-state index contributed by atoms with van der Waals surface area (Å²) in [5, 5.41) is 0. The second-order valence-electron chi connectivity index (χ2n) is 7.85. The summed E-state index contributed by atoms with van der Waals surface area (Å²) in [7, 11) is 0. The molecule has 4 aliphatic carbocycles. The molecule has 1 aromatic rings. The fourth-order valence-electron chi connectivity index (χ4n) is 5.63. The summed E-state index contributed by atoms with van der Waals surface area (Å²) in [6.07, 6.45) is 7.52. The maximum Gasteiger partial charge on any atom is 0.323 e. The summed E-state index contributed by atoms with van der Waals surface area (Å²) in [5.41, 5.74) is 7.46. The molecule has 4 fully saturated rings. The molecule has 2 N–H and O–H groups in total. The summed E-state index contributed by atoms with van der Waals surface area (Å²) in [4.78, 5) is 12.5. The average molecular weight is 299 g/mol. The minimum Gasteiger partial charge on any atom is -0.460 e. The third kappa shape index (κ3) is 2.45. The van der Waals surface area contributed by atoms with Crippen LogP contribution in [-0.2, 0) is 16.1 Å². The van der Waals surface area contributed by atoms with E-state index in [1.165, 1.54) is 19.3 Å². The molecule has 0 spiro atoms. The van der Waals surface area contributed by atoms with E-state index in [-0.39, 0.29) is 11.4 Å². The highest BCUT2D eigenvalue weighted by Crippen LogP contribution is 2.61. The van der Waals surface area contributed by atoms with Gasteiger partial charge in [0, 0.05) is 0 Å². The van der Waals surface area contributed by atoms with Gasteiger partial charge in [-0.15, -0.1) is 0 Å². The zero-order chi connectivity index (χ0) is 15.2. The van der Waals surface area contributed by atoms with Gasteiger partial charge >= 0.3 is 5.97 Å². The third-order valence-corrected chi connectivity index (χ3v) is 6.22. The highest BCUT2D eigenvalue weighted by Gasteiger charge is 2.55. The van der Waals surface area contributed by atoms with Crippen molar-refractivity contribution in [2.24, 2.45) is 28.9 Å². The Morgan fingerprint density at radius 2 is 1.64 bits per heavy atom. The highest BCUT2D eigenvalue weighted by molar-refractivity contribution is 5.76. The van der Waals surface area contributed by atoms with Crippen LogP contribution in [0.3, 0.4) is 0 Å². The van der Waals surface area contributed by atoms with Crippen LogP contribution in [0.4, 0.5) is 0 Å². The Hall–Kier alpha value is -1.35. The van der Waals surface area contributed by atoms with Crippen molar-refractivity contribution in [1.82, 2.24) is 0 Å². The van der Waals surface area contributed by atoms with E-state index < -0.39 is 6.04 Å². The summed E-state index contributed by atoms with van der Waals surface area (Å²) >= 11 is 0. The van der Waals surface area contributed by atoms with E-state index in [1.807, 2.05) is 30.3 Å². The molecule has 1 aromatic carbocycles. The second-order valence-corrected chi connectivity index (χ2v) is 7.85. The zero-order valence-electron chi connectivity index (χ0n) is 13.0. The Morgan fingerprint density at radius 3 is 2.18 bits per heavy atom. The summed E-state index contributed by atoms with van der Waals surface area (Å²) in [5.74, 6) is 2.21. The third-order valence-electron chi connectivity index (χ3n) is 6.22. The van der Waals surface area contributed by atoms with E-state index in [0.717, 1.165) is 42.6 Å². The molecule has 4 aliphatic rings. The van der Waals surface area contributed by atoms with Crippen molar-refractivity contribution in [3.05, 3.63) is 35.9 Å². The van der Waals surface area contributed by atoms with Gasteiger partial charge in [-0.3, -0.25) is 4.79 Å². The number of hydrogen-bond donors (Lipinski definition) is 1. The van der Waals surface area contributed by atoms with E-state index in [4.69, 9.17) is 10.5 Å². The quantitative estimate of drug-likeness (QED) is 0.868. The van der Waals surface area contributed by atoms with Gasteiger partial charge in [0.05, 0.1) is 0 Å². The molecule has 4 saturated carbocycles. The van der Waals surface area contributed by atoms with Crippen LogP contribution in [0.25, 0.3) is 0 Å². The standard InChI is InChI=1S/C19H25NO2/c20-17(18(21)22-12-13-4-2-1-3-5-13)19-9-14-6-15(10-19)8-16(7-14)11-19/h1-5,14-17H,6-12,20H2/t14?,15?,16?,17-,19?/m1/s1. The van der Waals surface area contributed by atoms with Crippen molar-refractivity contribution < 1.29 is 9.53 Å². The van der Waals surface area contributed by atoms with Crippen LogP contribution in [-0.4, -0.2) is 12.0 Å². The van der Waals surface area contributed by atoms with Gasteiger partial charge in [-0.1, -0.05) is 30.3 Å². The van der Waals surface area contributed by atoms with E-state index >= 15 is 0 Å². The molecular formula is C19H25NO2. The first-order valence-corrected chi connectivity index (χ1v) is 8.61. The van der Waals surface area contributed by atoms with Crippen LogP contribution in [0.1, 0.15) is 44.1 Å². The molecule has 118 valence electrons. The van der Waals surface area contributed by atoms with Crippen LogP contribution < -0.4 is 5.73 Å². The molecular weight excluding hydrogens is 274 g/mol. The van der Waals surface area contributed by atoms with Gasteiger partial charge in [-0.05, 0) is 67.3 Å². The van der Waals surface area contributed by atoms with Crippen LogP contribution in [0.15, 0.2) is 30.3 Å². The molecule has 0 aromatic heterocycles. The Bertz CT molecular complexity index is 519. The first-order chi connectivity index (χ1) is 10.6. The minimum absolute atomic E-state index is 0.0303. The zero-order valence-corrected chi connectivity index (χ0v) is 13.0. The van der Waals surface area contributed by atoms with Gasteiger partial charge in [-0.2, -0.15) is 0 Å². The van der Waals surface area contributed by atoms with Gasteiger partial charge in [0.25, 0.3) is 0 Å². The maximum atomic E-state index is 12.5. The predicted molar refractivity (Wildman–Crippen MR) is 84.8 cm³/mol. The number of carbonyl (C=O) groups excluding carboxylic acids is 1. The van der Waals surface area contributed by atoms with Crippen molar-refractivity contribution in [1.29, 1.82) is 0 Å². The van der Waals surface area contributed by atoms with Gasteiger partial charge in [0.1, 0.15) is 12.6 Å². The molecule has 1 atom stereocenters. The van der Waals surface area contributed by atoms with Crippen molar-refractivity contribution in [2.75, 3.05) is 0 Å². The first-order valence-electron chi connectivity index (χ1n) is 8.61. The molecule has 0 heterocycles. The Labute approximate surface area is 132 Å². The topological polar surface area (TPSA) is 52.3 Å². The number of rotatable bonds is 4. The van der Waals surface area contributed by atoms with Crippen molar-refractivity contribution in [3.8, 4) is 0 Å². The molecule has 0 radical (unpaired) electrons. The molecule has 0 aliphatic heterocycles. The first kappa shape index (κ1) is 14.3. The number of esters is 1. The summed E-state index contributed by atoms with van der Waals surface area (Å²) < 4.78 is 5.52. The molecule has 0 unspecified atom stereocenters. The normalized spacial score (nSPS) is 37.0. The lowest BCUT2D eigenvalue weighted by molar-refractivity contribution is -0.156. The van der Waals surface area contributed by atoms with Crippen molar-refractivity contribution in [3.63, 3.8) is 0 Å². The van der Waals surface area contributed by atoms with E-state index in [1.54, 1.807) is 0 Å². The lowest BCUT2D eigenvalue weighted by Gasteiger charge is -2.58. The number of nitrogens with two attached hydrogens (primary N) is 1. The van der Waals surface area contributed by atoms with Crippen LogP contribution in [0, 0.1) is 23.2 Å². The second kappa shape index (κ2) is 5.38. The minimum atomic E-state index is -0.440. The Kier molecular flexibility index (Phi) is 3.48. The Balaban J connectivity index is 1.43. The number of ether oxygens (including phenoxy) is 1. The summed E-state index contributed by atoms with van der Waals surface area (Å²) in [6.45, 7) is 0.333. The molecule has 0 saturated heterocycles. The summed E-state index contributed by atoms with van der Waals surface area (Å²) in [6, 6.07) is 9.40. The molecule has 3 heteroatoms. The van der Waals surface area contributed by atoms with Crippen LogP contribution >= 0.6 is 0 Å². The number of hydrogen-bond acceptors (Lipinski definition) is 3. The lowest BCUT2D eigenvalue weighted by atomic mass is 9.48. The highest BCUT2D eigenvalue weighted by atomic mass is 16.5. The average Bonchev–Trinajstić information content (AvgIpc) is 2.51. The van der Waals surface area contributed by atoms with E-state index in [9.17, 15) is 4.79 Å². The van der Waals surface area contributed by atoms with Crippen molar-refractivity contribution in [2.45, 2.75) is 51.2 Å². The van der Waals surface area contributed by atoms with Gasteiger partial charge in [0.15, 0.2) is 0 Å². The Morgan fingerprint density at radius 1 is 1.09 bits per heavy atom. The molecule has 5 rings (SSSR count). The van der Waals surface area contributed by atoms with Crippen molar-refractivity contribution >= 4 is 5.97 Å². The SMILES string of the molecule is N[C@H](C(=O)OCc1ccccc1)C12CC3CC(CC(C3)C1)C2. The van der Waals surface area contributed by atoms with Gasteiger partial charge in [-0.25, -0.2) is 0 Å². The fourth-order valence-corrected chi connectivity index (χ4v) is 5.63. The molecule has 3 nitrogen and oxygen atoms in total. The maximum absolute atomic E-state index is 12.5. The predicted octanol–water partition coefficient (Wildman–Crippen LogP) is 3.27. The number of carbonyl (C=O) groups is 1. The van der Waals surface area contributed by atoms with E-state index in [0.29, 0.717) is 6.61 Å². The monoisotopic (exact) mass is 299 g/mol.